The molecular weight excluding hydrogens is 195 g/mol. The Balaban J connectivity index is 4.28. The lowest BCUT2D eigenvalue weighted by Gasteiger charge is -2.27. The molecule has 0 bridgehead atoms. The number of carbonyl (C=O) groups is 1. The van der Waals surface area contributed by atoms with Gasteiger partial charge in [-0.05, 0) is 13.8 Å². The maximum absolute atomic E-state index is 11.9. The summed E-state index contributed by atoms with van der Waals surface area (Å²) in [6.45, 7) is 5.11. The fourth-order valence-electron chi connectivity index (χ4n) is 1.13. The minimum atomic E-state index is -4.28. The predicted molar refractivity (Wildman–Crippen MR) is 48.0 cm³/mol. The van der Waals surface area contributed by atoms with E-state index in [2.05, 4.69) is 5.32 Å². The molecule has 0 atom stereocenters. The van der Waals surface area contributed by atoms with E-state index in [4.69, 9.17) is 0 Å². The van der Waals surface area contributed by atoms with Crippen LogP contribution in [0.5, 0.6) is 0 Å². The maximum Gasteiger partial charge on any atom is 0.401 e. The van der Waals surface area contributed by atoms with Gasteiger partial charge >= 0.3 is 6.18 Å². The molecule has 0 unspecified atom stereocenters. The molecular formula is C9H16F3NO. The van der Waals surface area contributed by atoms with Gasteiger partial charge in [-0.2, -0.15) is 13.2 Å². The van der Waals surface area contributed by atoms with Crippen LogP contribution in [0.15, 0.2) is 0 Å². The van der Waals surface area contributed by atoms with Crippen molar-refractivity contribution in [3.05, 3.63) is 0 Å². The van der Waals surface area contributed by atoms with Crippen LogP contribution in [-0.2, 0) is 4.79 Å². The number of nitrogens with one attached hydrogen (secondary N) is 1. The van der Waals surface area contributed by atoms with Crippen LogP contribution in [-0.4, -0.2) is 24.0 Å². The number of ketones is 1. The highest BCUT2D eigenvalue weighted by Gasteiger charge is 2.34. The second-order valence-electron chi connectivity index (χ2n) is 4.11. The Kier molecular flexibility index (Phi) is 4.12. The van der Waals surface area contributed by atoms with Gasteiger partial charge in [0.05, 0.1) is 12.1 Å². The topological polar surface area (TPSA) is 29.1 Å². The Morgan fingerprint density at radius 3 is 2.00 bits per heavy atom. The first kappa shape index (κ1) is 13.4. The van der Waals surface area contributed by atoms with E-state index in [-0.39, 0.29) is 11.7 Å². The average Bonchev–Trinajstić information content (AvgIpc) is 1.98. The molecule has 0 aromatic carbocycles. The molecule has 5 heteroatoms. The normalized spacial score (nSPS) is 13.4. The number of carbonyl (C=O) groups excluding carboxylic acids is 1. The number of rotatable bonds is 4. The summed E-state index contributed by atoms with van der Waals surface area (Å²) in [6, 6.07) is 0. The van der Waals surface area contributed by atoms with Gasteiger partial charge in [-0.3, -0.25) is 10.1 Å². The minimum absolute atomic E-state index is 0.221. The van der Waals surface area contributed by atoms with E-state index in [1.54, 1.807) is 13.8 Å². The third-order valence-electron chi connectivity index (χ3n) is 1.87. The van der Waals surface area contributed by atoms with Gasteiger partial charge in [0.25, 0.3) is 0 Å². The van der Waals surface area contributed by atoms with Crippen molar-refractivity contribution in [2.24, 2.45) is 5.92 Å². The second kappa shape index (κ2) is 4.29. The van der Waals surface area contributed by atoms with Crippen LogP contribution < -0.4 is 5.32 Å². The SMILES string of the molecule is CC(C)C(=O)C(C)(C)NCC(F)(F)F. The highest BCUT2D eigenvalue weighted by molar-refractivity contribution is 5.89. The number of hydrogen-bond acceptors (Lipinski definition) is 2. The number of Topliss-reactive ketones (excluding diaryl/α,β-unsaturated/α-hetero) is 1. The maximum atomic E-state index is 11.9. The average molecular weight is 211 g/mol. The molecule has 0 rings (SSSR count). The summed E-state index contributed by atoms with van der Waals surface area (Å²) in [5.41, 5.74) is -1.12. The number of hydrogen-bond donors (Lipinski definition) is 1. The van der Waals surface area contributed by atoms with Crippen molar-refractivity contribution in [2.45, 2.75) is 39.4 Å². The summed E-state index contributed by atoms with van der Waals surface area (Å²) >= 11 is 0. The third kappa shape index (κ3) is 4.60. The van der Waals surface area contributed by atoms with E-state index in [0.717, 1.165) is 0 Å². The van der Waals surface area contributed by atoms with Gasteiger partial charge in [-0.1, -0.05) is 13.8 Å². The number of halogens is 3. The monoisotopic (exact) mass is 211 g/mol. The predicted octanol–water partition coefficient (Wildman–Crippen LogP) is 2.14. The van der Waals surface area contributed by atoms with Crippen molar-refractivity contribution < 1.29 is 18.0 Å². The molecule has 2 nitrogen and oxygen atoms in total. The van der Waals surface area contributed by atoms with E-state index in [1.165, 1.54) is 13.8 Å². The van der Waals surface area contributed by atoms with E-state index < -0.39 is 18.3 Å². The van der Waals surface area contributed by atoms with Crippen molar-refractivity contribution in [2.75, 3.05) is 6.54 Å². The molecule has 0 heterocycles. The first-order valence-corrected chi connectivity index (χ1v) is 4.42. The highest BCUT2D eigenvalue weighted by Crippen LogP contribution is 2.17. The van der Waals surface area contributed by atoms with Crippen LogP contribution in [0.3, 0.4) is 0 Å². The van der Waals surface area contributed by atoms with Crippen LogP contribution >= 0.6 is 0 Å². The lowest BCUT2D eigenvalue weighted by Crippen LogP contribution is -2.51. The van der Waals surface area contributed by atoms with Crippen LogP contribution in [0.25, 0.3) is 0 Å². The Hall–Kier alpha value is -0.580. The molecule has 0 fully saturated rings. The first-order chi connectivity index (χ1) is 6.06. The van der Waals surface area contributed by atoms with Gasteiger partial charge in [0, 0.05) is 5.92 Å². The van der Waals surface area contributed by atoms with E-state index in [1.807, 2.05) is 0 Å². The Morgan fingerprint density at radius 1 is 1.29 bits per heavy atom. The van der Waals surface area contributed by atoms with Crippen LogP contribution in [0.1, 0.15) is 27.7 Å². The lowest BCUT2D eigenvalue weighted by atomic mass is 9.91. The summed E-state index contributed by atoms with van der Waals surface area (Å²) in [4.78, 5) is 11.5. The summed E-state index contributed by atoms with van der Waals surface area (Å²) < 4.78 is 35.6. The summed E-state index contributed by atoms with van der Waals surface area (Å²) in [7, 11) is 0. The molecule has 14 heavy (non-hydrogen) atoms. The van der Waals surface area contributed by atoms with Gasteiger partial charge in [0.15, 0.2) is 5.78 Å². The summed E-state index contributed by atoms with van der Waals surface area (Å²) in [5, 5.41) is 2.21. The molecule has 0 amide bonds. The van der Waals surface area contributed by atoms with Crippen molar-refractivity contribution in [3.8, 4) is 0 Å². The quantitative estimate of drug-likeness (QED) is 0.771. The van der Waals surface area contributed by atoms with Gasteiger partial charge in [0.2, 0.25) is 0 Å². The largest absolute Gasteiger partial charge is 0.401 e. The van der Waals surface area contributed by atoms with Crippen LogP contribution in [0.2, 0.25) is 0 Å². The van der Waals surface area contributed by atoms with Gasteiger partial charge in [0.1, 0.15) is 0 Å². The van der Waals surface area contributed by atoms with Gasteiger partial charge in [-0.25, -0.2) is 0 Å². The van der Waals surface area contributed by atoms with Crippen molar-refractivity contribution in [1.29, 1.82) is 0 Å². The summed E-state index contributed by atoms with van der Waals surface area (Å²) in [5.74, 6) is -0.493. The molecule has 0 aliphatic carbocycles. The van der Waals surface area contributed by atoms with Gasteiger partial charge in [-0.15, -0.1) is 0 Å². The Labute approximate surface area is 81.9 Å². The molecule has 84 valence electrons. The molecule has 0 radical (unpaired) electrons. The van der Waals surface area contributed by atoms with Crippen molar-refractivity contribution in [1.82, 2.24) is 5.32 Å². The number of alkyl halides is 3. The zero-order chi connectivity index (χ0) is 11.6. The first-order valence-electron chi connectivity index (χ1n) is 4.42. The third-order valence-corrected chi connectivity index (χ3v) is 1.87. The molecule has 0 aromatic heterocycles. The van der Waals surface area contributed by atoms with E-state index in [9.17, 15) is 18.0 Å². The Bertz CT molecular complexity index is 209. The standard InChI is InChI=1S/C9H16F3NO/c1-6(2)7(14)8(3,4)13-5-9(10,11)12/h6,13H,5H2,1-4H3. The fraction of sp³-hybridized carbons (Fsp3) is 0.889. The molecule has 0 aromatic rings. The van der Waals surface area contributed by atoms with Crippen LogP contribution in [0, 0.1) is 5.92 Å². The molecule has 0 aliphatic rings. The van der Waals surface area contributed by atoms with Crippen molar-refractivity contribution in [3.63, 3.8) is 0 Å². The molecule has 0 spiro atoms. The summed E-state index contributed by atoms with van der Waals surface area (Å²) in [6.07, 6.45) is -4.28. The Morgan fingerprint density at radius 2 is 1.71 bits per heavy atom. The van der Waals surface area contributed by atoms with E-state index in [0.29, 0.717) is 0 Å². The molecule has 0 saturated carbocycles. The smallest absolute Gasteiger partial charge is 0.297 e. The van der Waals surface area contributed by atoms with Gasteiger partial charge < -0.3 is 0 Å². The lowest BCUT2D eigenvalue weighted by molar-refractivity contribution is -0.136. The molecule has 0 saturated heterocycles. The van der Waals surface area contributed by atoms with E-state index >= 15 is 0 Å². The molecule has 0 aliphatic heterocycles. The highest BCUT2D eigenvalue weighted by atomic mass is 19.4. The van der Waals surface area contributed by atoms with Crippen molar-refractivity contribution >= 4 is 5.78 Å². The zero-order valence-corrected chi connectivity index (χ0v) is 8.83. The second-order valence-corrected chi connectivity index (χ2v) is 4.11. The fourth-order valence-corrected chi connectivity index (χ4v) is 1.13. The van der Waals surface area contributed by atoms with Crippen LogP contribution in [0.4, 0.5) is 13.2 Å². The zero-order valence-electron chi connectivity index (χ0n) is 8.83. The molecule has 1 N–H and O–H groups in total. The minimum Gasteiger partial charge on any atom is -0.297 e.